The van der Waals surface area contributed by atoms with Crippen LogP contribution in [0.1, 0.15) is 29.9 Å². The number of halogens is 2. The van der Waals surface area contributed by atoms with Crippen molar-refractivity contribution >= 4 is 17.6 Å². The highest BCUT2D eigenvalue weighted by Gasteiger charge is 2.26. The molecule has 2 N–H and O–H groups in total. The summed E-state index contributed by atoms with van der Waals surface area (Å²) in [6, 6.07) is 6.89. The fourth-order valence-electron chi connectivity index (χ4n) is 2.76. The van der Waals surface area contributed by atoms with Gasteiger partial charge in [-0.25, -0.2) is 18.6 Å². The maximum Gasteiger partial charge on any atom is 0.322 e. The number of nitrogens with zero attached hydrogens (tertiary/aromatic N) is 3. The lowest BCUT2D eigenvalue weighted by Gasteiger charge is -2.28. The Hall–Kier alpha value is -3.54. The van der Waals surface area contributed by atoms with E-state index in [0.717, 1.165) is 12.1 Å². The fourth-order valence-corrected chi connectivity index (χ4v) is 2.76. The quantitative estimate of drug-likeness (QED) is 0.863. The molecule has 1 aromatic heterocycles. The van der Waals surface area contributed by atoms with Crippen molar-refractivity contribution in [2.75, 3.05) is 11.9 Å². The van der Waals surface area contributed by atoms with Gasteiger partial charge in [-0.05, 0) is 25.1 Å². The number of nitriles is 1. The van der Waals surface area contributed by atoms with Gasteiger partial charge in [0.2, 0.25) is 5.91 Å². The summed E-state index contributed by atoms with van der Waals surface area (Å²) in [6.07, 6.45) is 0. The molecule has 0 radical (unpaired) electrons. The molecule has 1 atom stereocenters. The maximum atomic E-state index is 13.8. The van der Waals surface area contributed by atoms with E-state index in [9.17, 15) is 18.4 Å². The molecule has 1 aromatic carbocycles. The molecule has 0 unspecified atom stereocenters. The van der Waals surface area contributed by atoms with Gasteiger partial charge in [-0.1, -0.05) is 6.07 Å². The number of urea groups is 1. The highest BCUT2D eigenvalue weighted by atomic mass is 19.1. The van der Waals surface area contributed by atoms with Gasteiger partial charge in [0.05, 0.1) is 24.0 Å². The summed E-state index contributed by atoms with van der Waals surface area (Å²) in [5, 5.41) is 14.1. The summed E-state index contributed by atoms with van der Waals surface area (Å²) in [5.74, 6) is -1.98. The molecule has 0 saturated heterocycles. The Balaban J connectivity index is 1.66. The van der Waals surface area contributed by atoms with Crippen molar-refractivity contribution in [3.05, 3.63) is 58.9 Å². The number of aromatic nitrogens is 1. The summed E-state index contributed by atoms with van der Waals surface area (Å²) in [4.78, 5) is 29.7. The van der Waals surface area contributed by atoms with E-state index >= 15 is 0 Å². The van der Waals surface area contributed by atoms with Gasteiger partial charge in [-0.2, -0.15) is 5.26 Å². The van der Waals surface area contributed by atoms with E-state index in [1.807, 2.05) is 6.07 Å². The third-order valence-corrected chi connectivity index (χ3v) is 4.10. The second kappa shape index (κ2) is 7.37. The van der Waals surface area contributed by atoms with E-state index in [4.69, 9.17) is 5.26 Å². The number of hydrogen-bond acceptors (Lipinski definition) is 4. The second-order valence-corrected chi connectivity index (χ2v) is 6.04. The maximum absolute atomic E-state index is 13.8. The summed E-state index contributed by atoms with van der Waals surface area (Å²) < 4.78 is 26.8. The third-order valence-electron chi connectivity index (χ3n) is 4.10. The Morgan fingerprint density at radius 2 is 2.19 bits per heavy atom. The molecule has 138 valence electrons. The molecule has 7 nitrogen and oxygen atoms in total. The van der Waals surface area contributed by atoms with Crippen molar-refractivity contribution < 1.29 is 18.4 Å². The molecular weight excluding hydrogens is 356 g/mol. The number of pyridine rings is 1. The van der Waals surface area contributed by atoms with Crippen molar-refractivity contribution in [2.24, 2.45) is 0 Å². The van der Waals surface area contributed by atoms with Crippen LogP contribution in [0.2, 0.25) is 0 Å². The highest BCUT2D eigenvalue weighted by molar-refractivity contribution is 5.94. The minimum absolute atomic E-state index is 0.0589. The zero-order valence-electron chi connectivity index (χ0n) is 14.3. The van der Waals surface area contributed by atoms with E-state index in [1.54, 1.807) is 13.0 Å². The largest absolute Gasteiger partial charge is 0.348 e. The van der Waals surface area contributed by atoms with Crippen molar-refractivity contribution in [1.29, 1.82) is 5.26 Å². The number of hydrogen-bond donors (Lipinski definition) is 2. The summed E-state index contributed by atoms with van der Waals surface area (Å²) in [6.45, 7) is 1.33. The van der Waals surface area contributed by atoms with Gasteiger partial charge in [-0.15, -0.1) is 0 Å². The van der Waals surface area contributed by atoms with E-state index in [0.29, 0.717) is 11.4 Å². The summed E-state index contributed by atoms with van der Waals surface area (Å²) >= 11 is 0. The zero-order valence-corrected chi connectivity index (χ0v) is 14.3. The van der Waals surface area contributed by atoms with Gasteiger partial charge in [0.15, 0.2) is 0 Å². The molecule has 9 heteroatoms. The van der Waals surface area contributed by atoms with Crippen LogP contribution in [-0.2, 0) is 11.3 Å². The number of benzene rings is 1. The smallest absolute Gasteiger partial charge is 0.322 e. The molecule has 2 heterocycles. The molecule has 0 bridgehead atoms. The molecule has 27 heavy (non-hydrogen) atoms. The minimum Gasteiger partial charge on any atom is -0.348 e. The molecule has 1 aliphatic heterocycles. The fraction of sp³-hybridized carbons (Fsp3) is 0.222. The van der Waals surface area contributed by atoms with Crippen molar-refractivity contribution in [1.82, 2.24) is 15.2 Å². The monoisotopic (exact) mass is 371 g/mol. The number of fused-ring (bicyclic) bond motifs is 1. The lowest BCUT2D eigenvalue weighted by Crippen LogP contribution is -2.45. The number of carbonyl (C=O) groups is 2. The normalized spacial score (nSPS) is 14.0. The lowest BCUT2D eigenvalue weighted by atomic mass is 10.1. The molecule has 3 amide bonds. The Bertz CT molecular complexity index is 957. The van der Waals surface area contributed by atoms with Crippen LogP contribution in [0.3, 0.4) is 0 Å². The first-order valence-electron chi connectivity index (χ1n) is 8.07. The van der Waals surface area contributed by atoms with Crippen molar-refractivity contribution in [2.45, 2.75) is 19.5 Å². The van der Waals surface area contributed by atoms with Crippen LogP contribution in [0, 0.1) is 23.0 Å². The number of nitrogens with one attached hydrogen (secondary N) is 2. The van der Waals surface area contributed by atoms with Crippen LogP contribution in [-0.4, -0.2) is 28.4 Å². The molecule has 3 rings (SSSR count). The highest BCUT2D eigenvalue weighted by Crippen LogP contribution is 2.22. The number of amides is 3. The SMILES string of the molecule is C[C@H](NC(=O)CN1Cc2nc(C#N)ccc2NC1=O)c1ccc(F)cc1F. The van der Waals surface area contributed by atoms with Crippen LogP contribution in [0.25, 0.3) is 0 Å². The van der Waals surface area contributed by atoms with Crippen molar-refractivity contribution in [3.8, 4) is 6.07 Å². The Labute approximate surface area is 153 Å². The predicted molar refractivity (Wildman–Crippen MR) is 91.3 cm³/mol. The molecule has 0 spiro atoms. The second-order valence-electron chi connectivity index (χ2n) is 6.04. The van der Waals surface area contributed by atoms with Gasteiger partial charge in [0.25, 0.3) is 0 Å². The van der Waals surface area contributed by atoms with Gasteiger partial charge < -0.3 is 15.5 Å². The number of anilines is 1. The average molecular weight is 371 g/mol. The van der Waals surface area contributed by atoms with Crippen LogP contribution in [0.15, 0.2) is 30.3 Å². The number of rotatable bonds is 4. The first-order valence-corrected chi connectivity index (χ1v) is 8.07. The molecule has 1 aliphatic rings. The first-order chi connectivity index (χ1) is 12.9. The number of carbonyl (C=O) groups excluding carboxylic acids is 2. The van der Waals surface area contributed by atoms with Crippen LogP contribution < -0.4 is 10.6 Å². The van der Waals surface area contributed by atoms with E-state index < -0.39 is 29.6 Å². The summed E-state index contributed by atoms with van der Waals surface area (Å²) in [5.41, 5.74) is 1.30. The van der Waals surface area contributed by atoms with Gasteiger partial charge in [-0.3, -0.25) is 4.79 Å². The minimum atomic E-state index is -0.763. The van der Waals surface area contributed by atoms with Crippen LogP contribution in [0.4, 0.5) is 19.3 Å². The molecule has 0 fully saturated rings. The van der Waals surface area contributed by atoms with E-state index in [2.05, 4.69) is 15.6 Å². The van der Waals surface area contributed by atoms with Gasteiger partial charge in [0.1, 0.15) is 29.9 Å². The topological polar surface area (TPSA) is 98.1 Å². The van der Waals surface area contributed by atoms with Crippen LogP contribution >= 0.6 is 0 Å². The van der Waals surface area contributed by atoms with E-state index in [1.165, 1.54) is 17.0 Å². The van der Waals surface area contributed by atoms with Gasteiger partial charge in [0, 0.05) is 11.6 Å². The molecule has 0 aliphatic carbocycles. The van der Waals surface area contributed by atoms with Crippen molar-refractivity contribution in [3.63, 3.8) is 0 Å². The first kappa shape index (κ1) is 18.3. The Morgan fingerprint density at radius 3 is 2.89 bits per heavy atom. The molecule has 2 aromatic rings. The zero-order chi connectivity index (χ0) is 19.6. The Kier molecular flexibility index (Phi) is 4.98. The molecular formula is C18H15F2N5O2. The van der Waals surface area contributed by atoms with Gasteiger partial charge >= 0.3 is 6.03 Å². The molecule has 0 saturated carbocycles. The van der Waals surface area contributed by atoms with Crippen LogP contribution in [0.5, 0.6) is 0 Å². The standard InChI is InChI=1S/C18H15F2N5O2/c1-10(13-4-2-11(19)6-14(13)20)22-17(26)9-25-8-16-15(24-18(25)27)5-3-12(7-21)23-16/h2-6,10H,8-9H2,1H3,(H,22,26)(H,24,27)/t10-/m0/s1. The average Bonchev–Trinajstić information content (AvgIpc) is 2.61. The lowest BCUT2D eigenvalue weighted by molar-refractivity contribution is -0.122. The Morgan fingerprint density at radius 1 is 1.41 bits per heavy atom. The third kappa shape index (κ3) is 4.00. The predicted octanol–water partition coefficient (Wildman–Crippen LogP) is 2.46. The summed E-state index contributed by atoms with van der Waals surface area (Å²) in [7, 11) is 0. The van der Waals surface area contributed by atoms with E-state index in [-0.39, 0.29) is 24.3 Å².